The molecule has 1 fully saturated rings. The van der Waals surface area contributed by atoms with Gasteiger partial charge in [0.1, 0.15) is 5.70 Å². The second-order valence-electron chi connectivity index (χ2n) is 5.51. The van der Waals surface area contributed by atoms with Gasteiger partial charge in [-0.25, -0.2) is 0 Å². The van der Waals surface area contributed by atoms with Crippen molar-refractivity contribution < 1.29 is 4.79 Å². The van der Waals surface area contributed by atoms with Crippen LogP contribution in [-0.2, 0) is 11.2 Å². The number of hydrogen-bond donors (Lipinski definition) is 1. The van der Waals surface area contributed by atoms with Gasteiger partial charge in [0.05, 0.1) is 5.69 Å². The van der Waals surface area contributed by atoms with Gasteiger partial charge >= 0.3 is 0 Å². The van der Waals surface area contributed by atoms with Gasteiger partial charge in [-0.3, -0.25) is 9.69 Å². The predicted octanol–water partition coefficient (Wildman–Crippen LogP) is 3.82. The lowest BCUT2D eigenvalue weighted by molar-refractivity contribution is -0.113. The molecule has 2 aromatic rings. The van der Waals surface area contributed by atoms with E-state index in [-0.39, 0.29) is 5.91 Å². The Labute approximate surface area is 141 Å². The zero-order chi connectivity index (χ0) is 16.4. The molecule has 1 saturated heterocycles. The molecule has 0 radical (unpaired) electrons. The lowest BCUT2D eigenvalue weighted by Gasteiger charge is -2.16. The number of hydrogen-bond acceptors (Lipinski definition) is 2. The predicted molar refractivity (Wildman–Crippen MR) is 98.2 cm³/mol. The lowest BCUT2D eigenvalue weighted by Crippen LogP contribution is -2.30. The summed E-state index contributed by atoms with van der Waals surface area (Å²) in [4.78, 5) is 14.3. The van der Waals surface area contributed by atoms with Crippen molar-refractivity contribution in [1.82, 2.24) is 5.32 Å². The normalized spacial score (nSPS) is 16.1. The molecule has 3 nitrogen and oxygen atoms in total. The molecule has 3 rings (SSSR count). The molecule has 1 aliphatic rings. The minimum atomic E-state index is -0.121. The standard InChI is InChI=1S/C19H18N2OS/c1-3-14-8-10-15(11-9-14)12-16-18(22)21(19(23)20-16)17-7-5-4-6-13(17)2/h4-12H,3H2,1-2H3,(H,20,23)/b16-12+. The molecular weight excluding hydrogens is 304 g/mol. The molecular formula is C19H18N2OS. The minimum Gasteiger partial charge on any atom is -0.327 e. The van der Waals surface area contributed by atoms with Crippen LogP contribution >= 0.6 is 12.2 Å². The van der Waals surface area contributed by atoms with Crippen molar-refractivity contribution in [3.05, 3.63) is 70.9 Å². The zero-order valence-corrected chi connectivity index (χ0v) is 14.0. The van der Waals surface area contributed by atoms with Crippen LogP contribution in [0.25, 0.3) is 6.08 Å². The van der Waals surface area contributed by atoms with Crippen LogP contribution in [0.2, 0.25) is 0 Å². The summed E-state index contributed by atoms with van der Waals surface area (Å²) in [5.41, 5.74) is 4.59. The molecule has 1 heterocycles. The Hall–Kier alpha value is -2.46. The fourth-order valence-electron chi connectivity index (χ4n) is 2.58. The van der Waals surface area contributed by atoms with Crippen molar-refractivity contribution in [3.63, 3.8) is 0 Å². The Bertz CT molecular complexity index is 793. The average Bonchev–Trinajstić information content (AvgIpc) is 2.83. The van der Waals surface area contributed by atoms with Crippen LogP contribution in [0.15, 0.2) is 54.2 Å². The van der Waals surface area contributed by atoms with Gasteiger partial charge in [-0.05, 0) is 54.4 Å². The molecule has 4 heteroatoms. The second kappa shape index (κ2) is 6.34. The summed E-state index contributed by atoms with van der Waals surface area (Å²) in [5.74, 6) is -0.121. The second-order valence-corrected chi connectivity index (χ2v) is 5.90. The van der Waals surface area contributed by atoms with Crippen molar-refractivity contribution in [2.24, 2.45) is 0 Å². The van der Waals surface area contributed by atoms with Crippen LogP contribution in [0.3, 0.4) is 0 Å². The summed E-state index contributed by atoms with van der Waals surface area (Å²) in [6.07, 6.45) is 2.84. The quantitative estimate of drug-likeness (QED) is 0.689. The number of carbonyl (C=O) groups is 1. The first kappa shape index (κ1) is 15.4. The van der Waals surface area contributed by atoms with E-state index in [1.807, 2.05) is 49.4 Å². The average molecular weight is 322 g/mol. The van der Waals surface area contributed by atoms with E-state index in [9.17, 15) is 4.79 Å². The van der Waals surface area contributed by atoms with Gasteiger partial charge < -0.3 is 5.32 Å². The first-order chi connectivity index (χ1) is 11.1. The number of aryl methyl sites for hydroxylation is 2. The first-order valence-electron chi connectivity index (χ1n) is 7.62. The van der Waals surface area contributed by atoms with Crippen LogP contribution in [0.5, 0.6) is 0 Å². The Morgan fingerprint density at radius 1 is 1.13 bits per heavy atom. The van der Waals surface area contributed by atoms with Crippen LogP contribution in [0.1, 0.15) is 23.6 Å². The number of rotatable bonds is 3. The van der Waals surface area contributed by atoms with Crippen LogP contribution in [-0.4, -0.2) is 11.0 Å². The number of nitrogens with one attached hydrogen (secondary N) is 1. The molecule has 0 atom stereocenters. The summed E-state index contributed by atoms with van der Waals surface area (Å²) in [6, 6.07) is 15.9. The monoisotopic (exact) mass is 322 g/mol. The Morgan fingerprint density at radius 3 is 2.48 bits per heavy atom. The van der Waals surface area contributed by atoms with Crippen molar-refractivity contribution in [2.45, 2.75) is 20.3 Å². The summed E-state index contributed by atoms with van der Waals surface area (Å²) in [5, 5.41) is 3.44. The number of benzene rings is 2. The Morgan fingerprint density at radius 2 is 1.83 bits per heavy atom. The third-order valence-corrected chi connectivity index (χ3v) is 4.22. The highest BCUT2D eigenvalue weighted by Gasteiger charge is 2.32. The molecule has 1 aliphatic heterocycles. The highest BCUT2D eigenvalue weighted by atomic mass is 32.1. The van der Waals surface area contributed by atoms with Crippen molar-refractivity contribution in [3.8, 4) is 0 Å². The number of carbonyl (C=O) groups excluding carboxylic acids is 1. The van der Waals surface area contributed by atoms with E-state index in [1.54, 1.807) is 4.90 Å². The molecule has 23 heavy (non-hydrogen) atoms. The summed E-state index contributed by atoms with van der Waals surface area (Å²) >= 11 is 5.35. The van der Waals surface area contributed by atoms with Crippen LogP contribution in [0, 0.1) is 6.92 Å². The van der Waals surface area contributed by atoms with Gasteiger partial charge in [0, 0.05) is 0 Å². The van der Waals surface area contributed by atoms with E-state index in [4.69, 9.17) is 12.2 Å². The third-order valence-electron chi connectivity index (χ3n) is 3.93. The van der Waals surface area contributed by atoms with Crippen LogP contribution in [0.4, 0.5) is 5.69 Å². The largest absolute Gasteiger partial charge is 0.327 e. The van der Waals surface area contributed by atoms with E-state index in [0.717, 1.165) is 23.2 Å². The summed E-state index contributed by atoms with van der Waals surface area (Å²) in [6.45, 7) is 4.09. The topological polar surface area (TPSA) is 32.3 Å². The number of anilines is 1. The molecule has 2 aromatic carbocycles. The van der Waals surface area contributed by atoms with Crippen molar-refractivity contribution in [1.29, 1.82) is 0 Å². The van der Waals surface area contributed by atoms with Crippen molar-refractivity contribution in [2.75, 3.05) is 4.90 Å². The zero-order valence-electron chi connectivity index (χ0n) is 13.2. The fourth-order valence-corrected chi connectivity index (χ4v) is 2.88. The highest BCUT2D eigenvalue weighted by molar-refractivity contribution is 7.80. The van der Waals surface area contributed by atoms with Crippen molar-refractivity contribution >= 4 is 35.0 Å². The molecule has 0 aliphatic carbocycles. The Kier molecular flexibility index (Phi) is 4.26. The van der Waals surface area contributed by atoms with E-state index < -0.39 is 0 Å². The van der Waals surface area contributed by atoms with E-state index in [2.05, 4.69) is 24.4 Å². The molecule has 0 bridgehead atoms. The molecule has 1 amide bonds. The van der Waals surface area contributed by atoms with Gasteiger partial charge in [0.15, 0.2) is 5.11 Å². The minimum absolute atomic E-state index is 0.121. The van der Waals surface area contributed by atoms with Gasteiger partial charge in [-0.1, -0.05) is 49.4 Å². The maximum atomic E-state index is 12.7. The summed E-state index contributed by atoms with van der Waals surface area (Å²) in [7, 11) is 0. The maximum absolute atomic E-state index is 12.7. The SMILES string of the molecule is CCc1ccc(/C=C2/NC(=S)N(c3ccccc3C)C2=O)cc1. The number of amides is 1. The van der Waals surface area contributed by atoms with Gasteiger partial charge in [-0.15, -0.1) is 0 Å². The molecule has 0 spiro atoms. The number of thiocarbonyl (C=S) groups is 1. The van der Waals surface area contributed by atoms with Gasteiger partial charge in [0.2, 0.25) is 0 Å². The van der Waals surface area contributed by atoms with Gasteiger partial charge in [0.25, 0.3) is 5.91 Å². The van der Waals surface area contributed by atoms with Crippen LogP contribution < -0.4 is 10.2 Å². The van der Waals surface area contributed by atoms with Gasteiger partial charge in [-0.2, -0.15) is 0 Å². The molecule has 0 aromatic heterocycles. The molecule has 1 N–H and O–H groups in total. The smallest absolute Gasteiger partial charge is 0.281 e. The third kappa shape index (κ3) is 3.03. The maximum Gasteiger partial charge on any atom is 0.281 e. The molecule has 0 saturated carbocycles. The first-order valence-corrected chi connectivity index (χ1v) is 8.02. The molecule has 0 unspecified atom stereocenters. The number of nitrogens with zero attached hydrogens (tertiary/aromatic N) is 1. The molecule has 116 valence electrons. The lowest BCUT2D eigenvalue weighted by atomic mass is 10.1. The summed E-state index contributed by atoms with van der Waals surface area (Å²) < 4.78 is 0. The number of para-hydroxylation sites is 1. The Balaban J connectivity index is 1.91. The van der Waals surface area contributed by atoms with E-state index in [1.165, 1.54) is 5.56 Å². The fraction of sp³-hybridized carbons (Fsp3) is 0.158. The van der Waals surface area contributed by atoms with E-state index in [0.29, 0.717) is 10.8 Å². The van der Waals surface area contributed by atoms with E-state index >= 15 is 0 Å². The highest BCUT2D eigenvalue weighted by Crippen LogP contribution is 2.25.